The van der Waals surface area contributed by atoms with Crippen LogP contribution < -0.4 is 11.5 Å². The lowest BCUT2D eigenvalue weighted by atomic mass is 10.3. The van der Waals surface area contributed by atoms with Crippen molar-refractivity contribution in [3.05, 3.63) is 0 Å². The molecule has 0 aromatic carbocycles. The van der Waals surface area contributed by atoms with Crippen LogP contribution in [0, 0.1) is 0 Å². The van der Waals surface area contributed by atoms with Crippen molar-refractivity contribution in [3.8, 4) is 0 Å². The average molecular weight is 416 g/mol. The van der Waals surface area contributed by atoms with Gasteiger partial charge in [-0.05, 0) is 6.54 Å². The smallest absolute Gasteiger partial charge is 0.252 e. The molecule has 1 atom stereocenters. The van der Waals surface area contributed by atoms with Crippen molar-refractivity contribution in [2.45, 2.75) is 20.8 Å². The van der Waals surface area contributed by atoms with Gasteiger partial charge in [0.05, 0.1) is 26.3 Å². The highest BCUT2D eigenvalue weighted by atomic mass is 16.2. The molecule has 2 bridgehead atoms. The van der Waals surface area contributed by atoms with Crippen LogP contribution in [0.4, 0.5) is 0 Å². The van der Waals surface area contributed by atoms with Crippen molar-refractivity contribution in [2.24, 2.45) is 11.5 Å². The minimum atomic E-state index is -0.365. The normalized spacial score (nSPS) is 21.6. The highest BCUT2D eigenvalue weighted by molar-refractivity contribution is 5.79. The van der Waals surface area contributed by atoms with Gasteiger partial charge < -0.3 is 21.2 Å². The Hall–Kier alpha value is -2.08. The molecule has 3 amide bonds. The standard InChI is InChI=1S/C15H28N6O3.C2H6.CH3NO/c1-2-17-3-5-18(11-14(16)23)7-8-20(9-10-22)21-13-19(6-4-17)12-15(21)24;1-2;2-1-3/h10H,2-9,11-13H2,1H3,(H2,16,23);1-2H3;1H,(H2,2,3). The number of aldehydes is 1. The third kappa shape index (κ3) is 10.3. The van der Waals surface area contributed by atoms with Crippen LogP contribution in [0.2, 0.25) is 0 Å². The van der Waals surface area contributed by atoms with Crippen LogP contribution in [0.15, 0.2) is 0 Å². The molecule has 29 heavy (non-hydrogen) atoms. The lowest BCUT2D eigenvalue weighted by Gasteiger charge is -2.34. The molecular formula is C18H37N7O4. The molecule has 0 spiro atoms. The number of nitrogens with two attached hydrogens (primary N) is 2. The molecule has 0 aromatic heterocycles. The van der Waals surface area contributed by atoms with E-state index in [1.54, 1.807) is 10.0 Å². The van der Waals surface area contributed by atoms with E-state index >= 15 is 0 Å². The number of rotatable bonds is 5. The molecule has 2 heterocycles. The molecule has 168 valence electrons. The van der Waals surface area contributed by atoms with Gasteiger partial charge in [-0.3, -0.25) is 29.2 Å². The predicted molar refractivity (Wildman–Crippen MR) is 110 cm³/mol. The first kappa shape index (κ1) is 26.9. The van der Waals surface area contributed by atoms with Crippen LogP contribution in [-0.2, 0) is 19.2 Å². The number of primary amides is 2. The molecule has 4 N–H and O–H groups in total. The van der Waals surface area contributed by atoms with Crippen molar-refractivity contribution in [3.63, 3.8) is 0 Å². The van der Waals surface area contributed by atoms with E-state index in [1.807, 2.05) is 18.7 Å². The number of hydrazine groups is 1. The third-order valence-corrected chi connectivity index (χ3v) is 4.57. The summed E-state index contributed by atoms with van der Waals surface area (Å²) in [6.07, 6.45) is 1.05. The van der Waals surface area contributed by atoms with Crippen LogP contribution in [0.3, 0.4) is 0 Å². The molecule has 2 saturated heterocycles. The summed E-state index contributed by atoms with van der Waals surface area (Å²) in [4.78, 5) is 49.6. The Bertz CT molecular complexity index is 507. The Morgan fingerprint density at radius 3 is 2.14 bits per heavy atom. The number of amides is 3. The van der Waals surface area contributed by atoms with Crippen molar-refractivity contribution in [1.82, 2.24) is 24.7 Å². The van der Waals surface area contributed by atoms with Gasteiger partial charge in [-0.25, -0.2) is 5.01 Å². The average Bonchev–Trinajstić information content (AvgIpc) is 3.06. The van der Waals surface area contributed by atoms with E-state index in [-0.39, 0.29) is 31.3 Å². The maximum atomic E-state index is 12.3. The molecule has 0 aromatic rings. The highest BCUT2D eigenvalue weighted by Gasteiger charge is 2.32. The van der Waals surface area contributed by atoms with E-state index in [0.29, 0.717) is 26.3 Å². The minimum Gasteiger partial charge on any atom is -0.372 e. The van der Waals surface area contributed by atoms with E-state index in [9.17, 15) is 14.4 Å². The molecule has 2 rings (SSSR count). The summed E-state index contributed by atoms with van der Waals surface area (Å²) in [6, 6.07) is 0. The summed E-state index contributed by atoms with van der Waals surface area (Å²) >= 11 is 0. The van der Waals surface area contributed by atoms with Gasteiger partial charge in [0.15, 0.2) is 0 Å². The van der Waals surface area contributed by atoms with Crippen LogP contribution in [0.25, 0.3) is 0 Å². The fraction of sp³-hybridized carbons (Fsp3) is 0.778. The first-order valence-corrected chi connectivity index (χ1v) is 10.0. The molecule has 0 aliphatic carbocycles. The number of carbonyl (C=O) groups excluding carboxylic acids is 4. The van der Waals surface area contributed by atoms with Crippen LogP contribution >= 0.6 is 0 Å². The number of nitrogens with zero attached hydrogens (tertiary/aromatic N) is 5. The lowest BCUT2D eigenvalue weighted by Crippen LogP contribution is -2.51. The van der Waals surface area contributed by atoms with Crippen LogP contribution in [-0.4, -0.2) is 121 Å². The molecule has 0 radical (unpaired) electrons. The SMILES string of the molecule is CC.CCN1CCN(CC(N)=O)CCN(CC=O)N2CN(CC1)CC2=O.NC=O. The maximum Gasteiger partial charge on any atom is 0.252 e. The topological polar surface area (TPSA) is 137 Å². The van der Waals surface area contributed by atoms with Gasteiger partial charge in [-0.15, -0.1) is 0 Å². The van der Waals surface area contributed by atoms with Gasteiger partial charge in [0.1, 0.15) is 6.29 Å². The van der Waals surface area contributed by atoms with Gasteiger partial charge in [0.2, 0.25) is 12.3 Å². The second kappa shape index (κ2) is 15.8. The highest BCUT2D eigenvalue weighted by Crippen LogP contribution is 2.11. The number of likely N-dealkylation sites (N-methyl/N-ethyl adjacent to an activating group) is 1. The Balaban J connectivity index is 0.00000143. The number of fused-ring (bicyclic) bond motifs is 2. The first-order chi connectivity index (χ1) is 13.9. The summed E-state index contributed by atoms with van der Waals surface area (Å²) in [5.41, 5.74) is 9.51. The van der Waals surface area contributed by atoms with Gasteiger partial charge in [0.25, 0.3) is 5.91 Å². The Kier molecular flexibility index (Phi) is 14.7. The molecule has 11 nitrogen and oxygen atoms in total. The van der Waals surface area contributed by atoms with Gasteiger partial charge in [0, 0.05) is 39.3 Å². The lowest BCUT2D eigenvalue weighted by molar-refractivity contribution is -0.144. The fourth-order valence-electron chi connectivity index (χ4n) is 3.13. The number of hydrogen-bond donors (Lipinski definition) is 2. The molecule has 0 saturated carbocycles. The summed E-state index contributed by atoms with van der Waals surface area (Å²) in [7, 11) is 0. The Morgan fingerprint density at radius 1 is 1.03 bits per heavy atom. The van der Waals surface area contributed by atoms with Crippen molar-refractivity contribution < 1.29 is 19.2 Å². The van der Waals surface area contributed by atoms with Crippen molar-refractivity contribution in [2.75, 3.05) is 72.1 Å². The molecule has 2 aliphatic rings. The molecule has 2 aliphatic heterocycles. The second-order valence-electron chi connectivity index (χ2n) is 6.38. The molecule has 1 unspecified atom stereocenters. The zero-order valence-electron chi connectivity index (χ0n) is 18.0. The first-order valence-electron chi connectivity index (χ1n) is 10.0. The Labute approximate surface area is 173 Å². The number of carbonyl (C=O) groups is 4. The van der Waals surface area contributed by atoms with Gasteiger partial charge in [-0.2, -0.15) is 0 Å². The molecule has 11 heteroatoms. The molecular weight excluding hydrogens is 378 g/mol. The summed E-state index contributed by atoms with van der Waals surface area (Å²) in [5, 5.41) is 3.41. The van der Waals surface area contributed by atoms with E-state index in [0.717, 1.165) is 39.0 Å². The van der Waals surface area contributed by atoms with Gasteiger partial charge >= 0.3 is 0 Å². The van der Waals surface area contributed by atoms with Crippen molar-refractivity contribution in [1.29, 1.82) is 0 Å². The minimum absolute atomic E-state index is 0.0144. The van der Waals surface area contributed by atoms with Crippen LogP contribution in [0.1, 0.15) is 20.8 Å². The van der Waals surface area contributed by atoms with E-state index in [1.165, 1.54) is 0 Å². The zero-order chi connectivity index (χ0) is 22.2. The predicted octanol–water partition coefficient (Wildman–Crippen LogP) is -2.25. The van der Waals surface area contributed by atoms with Gasteiger partial charge in [-0.1, -0.05) is 20.8 Å². The molecule has 2 fully saturated rings. The monoisotopic (exact) mass is 415 g/mol. The zero-order valence-corrected chi connectivity index (χ0v) is 18.0. The summed E-state index contributed by atoms with van der Waals surface area (Å²) < 4.78 is 0. The third-order valence-electron chi connectivity index (χ3n) is 4.57. The summed E-state index contributed by atoms with van der Waals surface area (Å²) in [5.74, 6) is -0.351. The van der Waals surface area contributed by atoms with Crippen LogP contribution in [0.5, 0.6) is 0 Å². The second-order valence-corrected chi connectivity index (χ2v) is 6.38. The van der Waals surface area contributed by atoms with E-state index in [4.69, 9.17) is 10.5 Å². The Morgan fingerprint density at radius 2 is 1.59 bits per heavy atom. The maximum absolute atomic E-state index is 12.3. The quantitative estimate of drug-likeness (QED) is 0.481. The summed E-state index contributed by atoms with van der Waals surface area (Å²) in [6.45, 7) is 12.6. The largest absolute Gasteiger partial charge is 0.372 e. The fourth-order valence-corrected chi connectivity index (χ4v) is 3.13. The van der Waals surface area contributed by atoms with E-state index < -0.39 is 0 Å². The number of hydrogen-bond acceptors (Lipinski definition) is 8. The van der Waals surface area contributed by atoms with Crippen molar-refractivity contribution >= 4 is 24.5 Å². The van der Waals surface area contributed by atoms with E-state index in [2.05, 4.69) is 22.5 Å².